The second-order valence-electron chi connectivity index (χ2n) is 6.52. The van der Waals surface area contributed by atoms with Crippen molar-refractivity contribution in [3.8, 4) is 0 Å². The molecular weight excluding hydrogens is 236 g/mol. The fourth-order valence-electron chi connectivity index (χ4n) is 3.75. The lowest BCUT2D eigenvalue weighted by molar-refractivity contribution is -0.135. The minimum absolute atomic E-state index is 0.264. The zero-order valence-electron chi connectivity index (χ0n) is 12.4. The maximum absolute atomic E-state index is 12.6. The Morgan fingerprint density at radius 1 is 1.21 bits per heavy atom. The van der Waals surface area contributed by atoms with Gasteiger partial charge in [-0.05, 0) is 37.6 Å². The molecule has 2 fully saturated rings. The Labute approximate surface area is 117 Å². The number of hydrogen-bond acceptors (Lipinski definition) is 2. The lowest BCUT2D eigenvalue weighted by atomic mass is 9.81. The van der Waals surface area contributed by atoms with Gasteiger partial charge < -0.3 is 10.6 Å². The highest BCUT2D eigenvalue weighted by Gasteiger charge is 2.31. The molecule has 0 aromatic heterocycles. The third kappa shape index (κ3) is 3.95. The summed E-state index contributed by atoms with van der Waals surface area (Å²) >= 11 is 0. The molecule has 2 atom stereocenters. The van der Waals surface area contributed by atoms with Gasteiger partial charge in [-0.2, -0.15) is 0 Å². The topological polar surface area (TPSA) is 46.3 Å². The Morgan fingerprint density at radius 3 is 2.53 bits per heavy atom. The van der Waals surface area contributed by atoms with Crippen LogP contribution >= 0.6 is 0 Å². The van der Waals surface area contributed by atoms with E-state index in [-0.39, 0.29) is 5.92 Å². The summed E-state index contributed by atoms with van der Waals surface area (Å²) in [5.41, 5.74) is 5.72. The molecular formula is C16H30N2O. The van der Waals surface area contributed by atoms with Gasteiger partial charge >= 0.3 is 0 Å². The Morgan fingerprint density at radius 2 is 1.95 bits per heavy atom. The number of rotatable bonds is 5. The summed E-state index contributed by atoms with van der Waals surface area (Å²) in [6, 6.07) is 0. The lowest BCUT2D eigenvalue weighted by Crippen LogP contribution is -2.36. The van der Waals surface area contributed by atoms with Crippen LogP contribution in [0.25, 0.3) is 0 Å². The summed E-state index contributed by atoms with van der Waals surface area (Å²) in [4.78, 5) is 14.7. The van der Waals surface area contributed by atoms with Crippen molar-refractivity contribution >= 4 is 5.91 Å². The molecule has 1 amide bonds. The van der Waals surface area contributed by atoms with E-state index in [2.05, 4.69) is 11.8 Å². The van der Waals surface area contributed by atoms with Gasteiger partial charge in [0.2, 0.25) is 5.91 Å². The Balaban J connectivity index is 1.84. The molecule has 1 saturated carbocycles. The van der Waals surface area contributed by atoms with Crippen LogP contribution in [0.5, 0.6) is 0 Å². The van der Waals surface area contributed by atoms with E-state index < -0.39 is 0 Å². The molecule has 110 valence electrons. The summed E-state index contributed by atoms with van der Waals surface area (Å²) in [5, 5.41) is 0. The van der Waals surface area contributed by atoms with Gasteiger partial charge in [0.05, 0.1) is 0 Å². The van der Waals surface area contributed by atoms with E-state index in [9.17, 15) is 4.79 Å². The number of hydrogen-bond donors (Lipinski definition) is 1. The van der Waals surface area contributed by atoms with Crippen LogP contribution in [0.1, 0.15) is 58.3 Å². The van der Waals surface area contributed by atoms with E-state index in [1.807, 2.05) is 0 Å². The Hall–Kier alpha value is -0.570. The number of likely N-dealkylation sites (tertiary alicyclic amines) is 1. The van der Waals surface area contributed by atoms with Gasteiger partial charge in [0, 0.05) is 19.0 Å². The predicted octanol–water partition coefficient (Wildman–Crippen LogP) is 2.79. The standard InChI is InChI=1S/C16H30N2O/c1-2-15(10-13-6-4-3-5-7-13)16(19)18-9-8-14(11-17)12-18/h13-15H,2-12,17H2,1H3. The van der Waals surface area contributed by atoms with Crippen LogP contribution in [0.2, 0.25) is 0 Å². The van der Waals surface area contributed by atoms with E-state index >= 15 is 0 Å². The minimum Gasteiger partial charge on any atom is -0.342 e. The first-order valence-corrected chi connectivity index (χ1v) is 8.23. The minimum atomic E-state index is 0.264. The molecule has 1 aliphatic heterocycles. The maximum atomic E-state index is 12.6. The van der Waals surface area contributed by atoms with Crippen molar-refractivity contribution in [3.05, 3.63) is 0 Å². The molecule has 1 heterocycles. The maximum Gasteiger partial charge on any atom is 0.225 e. The van der Waals surface area contributed by atoms with E-state index in [0.29, 0.717) is 11.8 Å². The van der Waals surface area contributed by atoms with Gasteiger partial charge in [0.15, 0.2) is 0 Å². The first kappa shape index (κ1) is 14.8. The van der Waals surface area contributed by atoms with E-state index in [4.69, 9.17) is 5.73 Å². The van der Waals surface area contributed by atoms with E-state index in [0.717, 1.165) is 44.8 Å². The zero-order valence-corrected chi connectivity index (χ0v) is 12.4. The average Bonchev–Trinajstić information content (AvgIpc) is 2.94. The van der Waals surface area contributed by atoms with Crippen molar-refractivity contribution in [1.29, 1.82) is 0 Å². The van der Waals surface area contributed by atoms with Crippen molar-refractivity contribution in [2.45, 2.75) is 58.3 Å². The SMILES string of the molecule is CCC(CC1CCCCC1)C(=O)N1CCC(CN)C1. The predicted molar refractivity (Wildman–Crippen MR) is 78.7 cm³/mol. The highest BCUT2D eigenvalue weighted by Crippen LogP contribution is 2.31. The van der Waals surface area contributed by atoms with Crippen molar-refractivity contribution in [3.63, 3.8) is 0 Å². The monoisotopic (exact) mass is 266 g/mol. The van der Waals surface area contributed by atoms with Crippen LogP contribution in [-0.4, -0.2) is 30.4 Å². The Bertz CT molecular complexity index is 286. The molecule has 2 N–H and O–H groups in total. The highest BCUT2D eigenvalue weighted by molar-refractivity contribution is 5.79. The van der Waals surface area contributed by atoms with E-state index in [1.165, 1.54) is 32.1 Å². The summed E-state index contributed by atoms with van der Waals surface area (Å²) in [6.45, 7) is 4.73. The highest BCUT2D eigenvalue weighted by atomic mass is 16.2. The average molecular weight is 266 g/mol. The number of nitrogens with zero attached hydrogens (tertiary/aromatic N) is 1. The number of nitrogens with two attached hydrogens (primary N) is 1. The third-order valence-electron chi connectivity index (χ3n) is 5.12. The molecule has 0 aromatic rings. The number of carbonyl (C=O) groups excluding carboxylic acids is 1. The molecule has 0 bridgehead atoms. The smallest absolute Gasteiger partial charge is 0.225 e. The molecule has 1 saturated heterocycles. The fourth-order valence-corrected chi connectivity index (χ4v) is 3.75. The molecule has 1 aliphatic carbocycles. The molecule has 3 heteroatoms. The fraction of sp³-hybridized carbons (Fsp3) is 0.938. The van der Waals surface area contributed by atoms with Gasteiger partial charge in [-0.1, -0.05) is 39.0 Å². The van der Waals surface area contributed by atoms with Gasteiger partial charge in [-0.25, -0.2) is 0 Å². The molecule has 0 radical (unpaired) electrons. The molecule has 2 rings (SSSR count). The third-order valence-corrected chi connectivity index (χ3v) is 5.12. The van der Waals surface area contributed by atoms with Gasteiger partial charge in [-0.3, -0.25) is 4.79 Å². The number of amides is 1. The van der Waals surface area contributed by atoms with Crippen LogP contribution in [0.15, 0.2) is 0 Å². The lowest BCUT2D eigenvalue weighted by Gasteiger charge is -2.28. The Kier molecular flexibility index (Phi) is 5.68. The van der Waals surface area contributed by atoms with Gasteiger partial charge in [0.1, 0.15) is 0 Å². The largest absolute Gasteiger partial charge is 0.342 e. The molecule has 3 nitrogen and oxygen atoms in total. The van der Waals surface area contributed by atoms with Crippen LogP contribution in [0, 0.1) is 17.8 Å². The van der Waals surface area contributed by atoms with Crippen molar-refractivity contribution < 1.29 is 4.79 Å². The summed E-state index contributed by atoms with van der Waals surface area (Å²) in [5.74, 6) is 2.01. The quantitative estimate of drug-likeness (QED) is 0.831. The molecule has 19 heavy (non-hydrogen) atoms. The molecule has 0 spiro atoms. The van der Waals surface area contributed by atoms with Crippen LogP contribution in [0.4, 0.5) is 0 Å². The molecule has 0 aromatic carbocycles. The van der Waals surface area contributed by atoms with Gasteiger partial charge in [-0.15, -0.1) is 0 Å². The van der Waals surface area contributed by atoms with Crippen molar-refractivity contribution in [2.75, 3.05) is 19.6 Å². The molecule has 2 aliphatic rings. The second kappa shape index (κ2) is 7.28. The molecule has 2 unspecified atom stereocenters. The van der Waals surface area contributed by atoms with Crippen molar-refractivity contribution in [1.82, 2.24) is 4.90 Å². The second-order valence-corrected chi connectivity index (χ2v) is 6.52. The number of carbonyl (C=O) groups is 1. The first-order chi connectivity index (χ1) is 9.24. The van der Waals surface area contributed by atoms with E-state index in [1.54, 1.807) is 0 Å². The zero-order chi connectivity index (χ0) is 13.7. The van der Waals surface area contributed by atoms with Crippen LogP contribution in [-0.2, 0) is 4.79 Å². The van der Waals surface area contributed by atoms with Gasteiger partial charge in [0.25, 0.3) is 0 Å². The summed E-state index contributed by atoms with van der Waals surface area (Å²) in [7, 11) is 0. The van der Waals surface area contributed by atoms with Crippen molar-refractivity contribution in [2.24, 2.45) is 23.5 Å². The first-order valence-electron chi connectivity index (χ1n) is 8.23. The van der Waals surface area contributed by atoms with Crippen LogP contribution < -0.4 is 5.73 Å². The summed E-state index contributed by atoms with van der Waals surface area (Å²) in [6.07, 6.45) is 10.0. The summed E-state index contributed by atoms with van der Waals surface area (Å²) < 4.78 is 0. The van der Waals surface area contributed by atoms with Crippen LogP contribution in [0.3, 0.4) is 0 Å². The normalized spacial score (nSPS) is 26.6.